The van der Waals surface area contributed by atoms with E-state index in [2.05, 4.69) is 9.88 Å². The Morgan fingerprint density at radius 2 is 1.86 bits per heavy atom. The number of nitrogens with zero attached hydrogens (tertiary/aromatic N) is 4. The molecule has 0 aliphatic carbocycles. The molecular formula is C21H26N4O3S. The molecule has 2 fully saturated rings. The lowest BCUT2D eigenvalue weighted by molar-refractivity contribution is -0.133. The van der Waals surface area contributed by atoms with Crippen LogP contribution in [0.25, 0.3) is 0 Å². The average molecular weight is 415 g/mol. The van der Waals surface area contributed by atoms with Gasteiger partial charge in [-0.25, -0.2) is 8.42 Å². The fourth-order valence-corrected chi connectivity index (χ4v) is 5.64. The van der Waals surface area contributed by atoms with Gasteiger partial charge in [-0.2, -0.15) is 4.31 Å². The van der Waals surface area contributed by atoms with E-state index in [9.17, 15) is 13.2 Å². The minimum Gasteiger partial charge on any atom is -0.337 e. The molecule has 29 heavy (non-hydrogen) atoms. The molecular weight excluding hydrogens is 388 g/mol. The van der Waals surface area contributed by atoms with E-state index >= 15 is 0 Å². The van der Waals surface area contributed by atoms with Crippen LogP contribution in [0.3, 0.4) is 0 Å². The summed E-state index contributed by atoms with van der Waals surface area (Å²) in [4.78, 5) is 21.3. The molecule has 0 spiro atoms. The van der Waals surface area contributed by atoms with Crippen LogP contribution in [0, 0.1) is 6.92 Å². The first-order valence-corrected chi connectivity index (χ1v) is 11.4. The van der Waals surface area contributed by atoms with Crippen molar-refractivity contribution in [1.29, 1.82) is 0 Å². The molecule has 0 radical (unpaired) electrons. The summed E-state index contributed by atoms with van der Waals surface area (Å²) >= 11 is 0. The van der Waals surface area contributed by atoms with Crippen molar-refractivity contribution in [3.05, 3.63) is 59.9 Å². The van der Waals surface area contributed by atoms with E-state index in [1.54, 1.807) is 30.6 Å². The number of benzene rings is 1. The van der Waals surface area contributed by atoms with Crippen molar-refractivity contribution in [3.63, 3.8) is 0 Å². The van der Waals surface area contributed by atoms with Gasteiger partial charge in [-0.1, -0.05) is 18.2 Å². The summed E-state index contributed by atoms with van der Waals surface area (Å²) in [6, 6.07) is 10.7. The zero-order valence-electron chi connectivity index (χ0n) is 16.6. The van der Waals surface area contributed by atoms with E-state index in [0.29, 0.717) is 37.6 Å². The van der Waals surface area contributed by atoms with Crippen LogP contribution in [-0.4, -0.2) is 72.2 Å². The highest BCUT2D eigenvalue weighted by molar-refractivity contribution is 7.89. The summed E-state index contributed by atoms with van der Waals surface area (Å²) in [5.74, 6) is 0.129. The zero-order valence-corrected chi connectivity index (χ0v) is 17.4. The molecule has 2 aliphatic rings. The summed E-state index contributed by atoms with van der Waals surface area (Å²) in [5.41, 5.74) is 1.95. The third-order valence-corrected chi connectivity index (χ3v) is 7.60. The molecule has 1 atom stereocenters. The number of likely N-dealkylation sites (tertiary alicyclic amines) is 1. The Labute approximate surface area is 172 Å². The van der Waals surface area contributed by atoms with Gasteiger partial charge in [0.15, 0.2) is 0 Å². The number of sulfonamides is 1. The van der Waals surface area contributed by atoms with Crippen LogP contribution in [0.4, 0.5) is 0 Å². The number of aromatic nitrogens is 1. The highest BCUT2D eigenvalue weighted by Crippen LogP contribution is 2.23. The first-order chi connectivity index (χ1) is 13.9. The monoisotopic (exact) mass is 414 g/mol. The Bertz CT molecular complexity index is 972. The van der Waals surface area contributed by atoms with Gasteiger partial charge in [0.2, 0.25) is 15.9 Å². The fraction of sp³-hybridized carbons (Fsp3) is 0.429. The van der Waals surface area contributed by atoms with Crippen LogP contribution in [0.15, 0.2) is 53.7 Å². The fourth-order valence-electron chi connectivity index (χ4n) is 4.11. The van der Waals surface area contributed by atoms with Gasteiger partial charge in [-0.15, -0.1) is 0 Å². The standard InChI is InChI=1S/C21H26N4O3S/c1-17-4-2-6-19(14-17)29(27,28)25-12-10-23(11-13-25)20-7-9-24(21(20)26)16-18-5-3-8-22-15-18/h2-6,8,14-15,20H,7,9-13,16H2,1H3. The largest absolute Gasteiger partial charge is 0.337 e. The second-order valence-corrected chi connectivity index (χ2v) is 9.62. The maximum Gasteiger partial charge on any atom is 0.243 e. The number of carbonyl (C=O) groups excluding carboxylic acids is 1. The van der Waals surface area contributed by atoms with E-state index in [1.165, 1.54) is 4.31 Å². The molecule has 3 heterocycles. The summed E-state index contributed by atoms with van der Waals surface area (Å²) in [6.45, 7) is 5.14. The predicted octanol–water partition coefficient (Wildman–Crippen LogP) is 1.50. The number of amides is 1. The number of pyridine rings is 1. The van der Waals surface area contributed by atoms with Gasteiger partial charge in [0.1, 0.15) is 0 Å². The Hall–Kier alpha value is -2.29. The van der Waals surface area contributed by atoms with Gasteiger partial charge < -0.3 is 4.90 Å². The van der Waals surface area contributed by atoms with Gasteiger partial charge in [0.25, 0.3) is 0 Å². The van der Waals surface area contributed by atoms with Crippen molar-refractivity contribution in [3.8, 4) is 0 Å². The molecule has 7 nitrogen and oxygen atoms in total. The Kier molecular flexibility index (Phi) is 5.67. The molecule has 0 bridgehead atoms. The van der Waals surface area contributed by atoms with Gasteiger partial charge in [-0.05, 0) is 42.7 Å². The second kappa shape index (κ2) is 8.22. The van der Waals surface area contributed by atoms with Gasteiger partial charge in [0, 0.05) is 51.7 Å². The molecule has 1 aromatic carbocycles. The molecule has 0 saturated carbocycles. The van der Waals surface area contributed by atoms with E-state index < -0.39 is 10.0 Å². The molecule has 2 saturated heterocycles. The molecule has 154 valence electrons. The Morgan fingerprint density at radius 1 is 1.07 bits per heavy atom. The third kappa shape index (κ3) is 4.19. The molecule has 1 amide bonds. The minimum atomic E-state index is -3.49. The molecule has 2 aromatic rings. The Balaban J connectivity index is 1.37. The highest BCUT2D eigenvalue weighted by Gasteiger charge is 2.38. The van der Waals surface area contributed by atoms with E-state index in [0.717, 1.165) is 24.1 Å². The lowest BCUT2D eigenvalue weighted by Gasteiger charge is -2.36. The maximum absolute atomic E-state index is 12.9. The number of hydrogen-bond acceptors (Lipinski definition) is 5. The van der Waals surface area contributed by atoms with Crippen LogP contribution in [0.5, 0.6) is 0 Å². The number of carbonyl (C=O) groups is 1. The molecule has 1 aromatic heterocycles. The van der Waals surface area contributed by atoms with Crippen molar-refractivity contribution >= 4 is 15.9 Å². The summed E-state index contributed by atoms with van der Waals surface area (Å²) < 4.78 is 27.4. The molecule has 1 unspecified atom stereocenters. The second-order valence-electron chi connectivity index (χ2n) is 7.68. The van der Waals surface area contributed by atoms with Crippen molar-refractivity contribution in [2.75, 3.05) is 32.7 Å². The van der Waals surface area contributed by atoms with Crippen LogP contribution < -0.4 is 0 Å². The van der Waals surface area contributed by atoms with Crippen LogP contribution in [0.2, 0.25) is 0 Å². The lowest BCUT2D eigenvalue weighted by Crippen LogP contribution is -2.53. The summed E-state index contributed by atoms with van der Waals surface area (Å²) in [5, 5.41) is 0. The van der Waals surface area contributed by atoms with Crippen LogP contribution >= 0.6 is 0 Å². The smallest absolute Gasteiger partial charge is 0.243 e. The number of rotatable bonds is 5. The van der Waals surface area contributed by atoms with Crippen molar-refractivity contribution in [2.24, 2.45) is 0 Å². The normalized spacial score (nSPS) is 21.6. The zero-order chi connectivity index (χ0) is 20.4. The maximum atomic E-state index is 12.9. The highest BCUT2D eigenvalue weighted by atomic mass is 32.2. The number of hydrogen-bond donors (Lipinski definition) is 0. The Morgan fingerprint density at radius 3 is 2.55 bits per heavy atom. The van der Waals surface area contributed by atoms with Crippen LogP contribution in [-0.2, 0) is 21.4 Å². The van der Waals surface area contributed by atoms with Gasteiger partial charge in [0.05, 0.1) is 10.9 Å². The predicted molar refractivity (Wildman–Crippen MR) is 110 cm³/mol. The van der Waals surface area contributed by atoms with Crippen molar-refractivity contribution in [2.45, 2.75) is 30.8 Å². The van der Waals surface area contributed by atoms with E-state index in [4.69, 9.17) is 0 Å². The lowest BCUT2D eigenvalue weighted by atomic mass is 10.2. The van der Waals surface area contributed by atoms with Gasteiger partial charge in [-0.3, -0.25) is 14.7 Å². The molecule has 2 aliphatic heterocycles. The SMILES string of the molecule is Cc1cccc(S(=O)(=O)N2CCN(C3CCN(Cc4cccnc4)C3=O)CC2)c1. The van der Waals surface area contributed by atoms with Gasteiger partial charge >= 0.3 is 0 Å². The summed E-state index contributed by atoms with van der Waals surface area (Å²) in [7, 11) is -3.49. The van der Waals surface area contributed by atoms with E-state index in [-0.39, 0.29) is 11.9 Å². The quantitative estimate of drug-likeness (QED) is 0.741. The minimum absolute atomic E-state index is 0.129. The molecule has 4 rings (SSSR count). The van der Waals surface area contributed by atoms with Crippen LogP contribution in [0.1, 0.15) is 17.5 Å². The topological polar surface area (TPSA) is 73.8 Å². The van der Waals surface area contributed by atoms with Crippen molar-refractivity contribution in [1.82, 2.24) is 19.1 Å². The molecule has 0 N–H and O–H groups in total. The molecule has 8 heteroatoms. The first-order valence-electron chi connectivity index (χ1n) is 9.94. The van der Waals surface area contributed by atoms with E-state index in [1.807, 2.05) is 30.0 Å². The summed E-state index contributed by atoms with van der Waals surface area (Å²) in [6.07, 6.45) is 4.29. The van der Waals surface area contributed by atoms with Crippen molar-refractivity contribution < 1.29 is 13.2 Å². The third-order valence-electron chi connectivity index (χ3n) is 5.71. The number of aryl methyl sites for hydroxylation is 1. The first kappa shape index (κ1) is 20.0. The number of piperazine rings is 1. The average Bonchev–Trinajstić information content (AvgIpc) is 3.09.